The van der Waals surface area contributed by atoms with E-state index in [1.165, 1.54) is 0 Å². The summed E-state index contributed by atoms with van der Waals surface area (Å²) in [6.07, 6.45) is 2.37. The zero-order valence-corrected chi connectivity index (χ0v) is 9.77. The predicted octanol–water partition coefficient (Wildman–Crippen LogP) is 2.65. The molecule has 88 valence electrons. The zero-order chi connectivity index (χ0) is 12.5. The van der Waals surface area contributed by atoms with Crippen molar-refractivity contribution in [2.45, 2.75) is 13.3 Å². The Kier molecular flexibility index (Phi) is 2.34. The number of nitriles is 1. The van der Waals surface area contributed by atoms with Gasteiger partial charge in [0.25, 0.3) is 0 Å². The molecule has 1 N–H and O–H groups in total. The largest absolute Gasteiger partial charge is 0.364 e. The van der Waals surface area contributed by atoms with Gasteiger partial charge in [0.1, 0.15) is 12.1 Å². The van der Waals surface area contributed by atoms with Crippen molar-refractivity contribution in [3.05, 3.63) is 35.7 Å². The maximum absolute atomic E-state index is 8.86. The van der Waals surface area contributed by atoms with Gasteiger partial charge in [-0.1, -0.05) is 12.1 Å². The molecule has 2 aromatic heterocycles. The maximum atomic E-state index is 8.86. The maximum Gasteiger partial charge on any atom is 0.143 e. The summed E-state index contributed by atoms with van der Waals surface area (Å²) in [4.78, 5) is 7.66. The molecular formula is C13H10N4O. The number of H-pyrrole nitrogens is 1. The molecule has 2 heterocycles. The number of nitrogens with one attached hydrogen (secondary N) is 1. The molecule has 3 rings (SSSR count). The van der Waals surface area contributed by atoms with Crippen LogP contribution in [-0.4, -0.2) is 15.1 Å². The van der Waals surface area contributed by atoms with E-state index in [9.17, 15) is 0 Å². The second-order valence-electron chi connectivity index (χ2n) is 3.96. The van der Waals surface area contributed by atoms with Gasteiger partial charge in [0.2, 0.25) is 0 Å². The number of imidazole rings is 1. The lowest BCUT2D eigenvalue weighted by Gasteiger charge is -1.91. The minimum atomic E-state index is 0.610. The van der Waals surface area contributed by atoms with E-state index in [1.54, 1.807) is 18.4 Å². The van der Waals surface area contributed by atoms with Crippen LogP contribution in [0.4, 0.5) is 0 Å². The van der Waals surface area contributed by atoms with Gasteiger partial charge in [0.05, 0.1) is 33.9 Å². The lowest BCUT2D eigenvalue weighted by atomic mass is 10.2. The standard InChI is InChI=1S/C13H10N4O/c1-2-10-9(7-18-17-10)13-15-11-4-3-8(6-14)5-12(11)16-13/h3-5,7H,2H2,1H3,(H,15,16). The van der Waals surface area contributed by atoms with Crippen molar-refractivity contribution >= 4 is 11.0 Å². The highest BCUT2D eigenvalue weighted by Crippen LogP contribution is 2.24. The Morgan fingerprint density at radius 1 is 1.44 bits per heavy atom. The molecule has 5 nitrogen and oxygen atoms in total. The van der Waals surface area contributed by atoms with Crippen LogP contribution in [0.5, 0.6) is 0 Å². The Hall–Kier alpha value is -2.61. The van der Waals surface area contributed by atoms with Crippen LogP contribution in [-0.2, 0) is 6.42 Å². The van der Waals surface area contributed by atoms with E-state index in [0.717, 1.165) is 34.5 Å². The Morgan fingerprint density at radius 3 is 3.11 bits per heavy atom. The third kappa shape index (κ3) is 1.55. The summed E-state index contributed by atoms with van der Waals surface area (Å²) in [7, 11) is 0. The summed E-state index contributed by atoms with van der Waals surface area (Å²) in [6.45, 7) is 2.01. The minimum absolute atomic E-state index is 0.610. The van der Waals surface area contributed by atoms with Crippen molar-refractivity contribution in [1.29, 1.82) is 5.26 Å². The number of nitrogens with zero attached hydrogens (tertiary/aromatic N) is 3. The van der Waals surface area contributed by atoms with Gasteiger partial charge in [-0.25, -0.2) is 4.98 Å². The Morgan fingerprint density at radius 2 is 2.33 bits per heavy atom. The van der Waals surface area contributed by atoms with Gasteiger partial charge < -0.3 is 9.51 Å². The SMILES string of the molecule is CCc1nocc1-c1nc2ccc(C#N)cc2[nH]1. The molecule has 0 aliphatic rings. The third-order valence-electron chi connectivity index (χ3n) is 2.85. The lowest BCUT2D eigenvalue weighted by molar-refractivity contribution is 0.412. The second-order valence-corrected chi connectivity index (χ2v) is 3.96. The summed E-state index contributed by atoms with van der Waals surface area (Å²) in [5, 5.41) is 12.8. The molecule has 0 spiro atoms. The van der Waals surface area contributed by atoms with Crippen LogP contribution < -0.4 is 0 Å². The first-order chi connectivity index (χ1) is 8.81. The highest BCUT2D eigenvalue weighted by atomic mass is 16.5. The molecule has 0 saturated heterocycles. The van der Waals surface area contributed by atoms with E-state index in [4.69, 9.17) is 9.78 Å². The first kappa shape index (κ1) is 10.5. The van der Waals surface area contributed by atoms with Gasteiger partial charge in [-0.2, -0.15) is 5.26 Å². The molecule has 0 aliphatic carbocycles. The van der Waals surface area contributed by atoms with E-state index >= 15 is 0 Å². The fourth-order valence-corrected chi connectivity index (χ4v) is 1.91. The van der Waals surface area contributed by atoms with Gasteiger partial charge in [-0.05, 0) is 24.6 Å². The van der Waals surface area contributed by atoms with Crippen LogP contribution in [0.15, 0.2) is 29.0 Å². The average molecular weight is 238 g/mol. The third-order valence-corrected chi connectivity index (χ3v) is 2.85. The van der Waals surface area contributed by atoms with Crippen molar-refractivity contribution in [2.24, 2.45) is 0 Å². The molecule has 0 radical (unpaired) electrons. The molecular weight excluding hydrogens is 228 g/mol. The molecule has 0 atom stereocenters. The van der Waals surface area contributed by atoms with Gasteiger partial charge >= 0.3 is 0 Å². The van der Waals surface area contributed by atoms with Crippen LogP contribution >= 0.6 is 0 Å². The van der Waals surface area contributed by atoms with Crippen molar-refractivity contribution in [3.63, 3.8) is 0 Å². The number of aromatic amines is 1. The van der Waals surface area contributed by atoms with Gasteiger partial charge in [0.15, 0.2) is 0 Å². The first-order valence-electron chi connectivity index (χ1n) is 5.65. The molecule has 0 aliphatic heterocycles. The number of fused-ring (bicyclic) bond motifs is 1. The predicted molar refractivity (Wildman–Crippen MR) is 65.7 cm³/mol. The summed E-state index contributed by atoms with van der Waals surface area (Å²) in [6, 6.07) is 7.47. The number of hydrogen-bond acceptors (Lipinski definition) is 4. The van der Waals surface area contributed by atoms with Gasteiger partial charge in [0, 0.05) is 0 Å². The first-order valence-corrected chi connectivity index (χ1v) is 5.65. The highest BCUT2D eigenvalue weighted by molar-refractivity contribution is 5.80. The van der Waals surface area contributed by atoms with Crippen molar-refractivity contribution in [2.75, 3.05) is 0 Å². The Balaban J connectivity index is 2.17. The van der Waals surface area contributed by atoms with Gasteiger partial charge in [-0.3, -0.25) is 0 Å². The summed E-state index contributed by atoms with van der Waals surface area (Å²) >= 11 is 0. The van der Waals surface area contributed by atoms with E-state index in [2.05, 4.69) is 21.2 Å². The van der Waals surface area contributed by atoms with E-state index in [0.29, 0.717) is 5.56 Å². The van der Waals surface area contributed by atoms with Gasteiger partial charge in [-0.15, -0.1) is 0 Å². The van der Waals surface area contributed by atoms with Crippen molar-refractivity contribution < 1.29 is 4.52 Å². The highest BCUT2D eigenvalue weighted by Gasteiger charge is 2.12. The molecule has 0 saturated carbocycles. The lowest BCUT2D eigenvalue weighted by Crippen LogP contribution is -1.85. The normalized spacial score (nSPS) is 10.7. The Bertz CT molecular complexity index is 748. The fraction of sp³-hybridized carbons (Fsp3) is 0.154. The molecule has 5 heteroatoms. The van der Waals surface area contributed by atoms with E-state index < -0.39 is 0 Å². The molecule has 0 unspecified atom stereocenters. The summed E-state index contributed by atoms with van der Waals surface area (Å²) in [5.41, 5.74) is 4.01. The molecule has 18 heavy (non-hydrogen) atoms. The molecule has 0 fully saturated rings. The number of aryl methyl sites for hydroxylation is 1. The van der Waals surface area contributed by atoms with Crippen molar-refractivity contribution in [3.8, 4) is 17.5 Å². The molecule has 1 aromatic carbocycles. The van der Waals surface area contributed by atoms with Crippen molar-refractivity contribution in [1.82, 2.24) is 15.1 Å². The number of benzene rings is 1. The average Bonchev–Trinajstić information content (AvgIpc) is 3.03. The number of rotatable bonds is 2. The quantitative estimate of drug-likeness (QED) is 0.744. The topological polar surface area (TPSA) is 78.5 Å². The fourth-order valence-electron chi connectivity index (χ4n) is 1.91. The van der Waals surface area contributed by atoms with Crippen LogP contribution in [0.2, 0.25) is 0 Å². The van der Waals surface area contributed by atoms with E-state index in [-0.39, 0.29) is 0 Å². The number of aromatic nitrogens is 3. The summed E-state index contributed by atoms with van der Waals surface area (Å²) in [5.74, 6) is 0.721. The molecule has 0 amide bonds. The number of hydrogen-bond donors (Lipinski definition) is 1. The van der Waals surface area contributed by atoms with Crippen LogP contribution in [0, 0.1) is 11.3 Å². The molecule has 0 bridgehead atoms. The van der Waals surface area contributed by atoms with Crippen LogP contribution in [0.1, 0.15) is 18.2 Å². The summed E-state index contributed by atoms with van der Waals surface area (Å²) < 4.78 is 4.97. The zero-order valence-electron chi connectivity index (χ0n) is 9.77. The monoisotopic (exact) mass is 238 g/mol. The Labute approximate surface area is 103 Å². The van der Waals surface area contributed by atoms with Crippen LogP contribution in [0.25, 0.3) is 22.4 Å². The molecule has 3 aromatic rings. The minimum Gasteiger partial charge on any atom is -0.364 e. The van der Waals surface area contributed by atoms with E-state index in [1.807, 2.05) is 13.0 Å². The smallest absolute Gasteiger partial charge is 0.143 e. The van der Waals surface area contributed by atoms with Crippen LogP contribution in [0.3, 0.4) is 0 Å². The second kappa shape index (κ2) is 4.00.